The summed E-state index contributed by atoms with van der Waals surface area (Å²) in [6.45, 7) is 8.78. The zero-order chi connectivity index (χ0) is 15.3. The van der Waals surface area contributed by atoms with E-state index in [0.717, 1.165) is 11.4 Å². The highest BCUT2D eigenvalue weighted by atomic mass is 28.4. The lowest BCUT2D eigenvalue weighted by molar-refractivity contribution is 0.558. The predicted octanol–water partition coefficient (Wildman–Crippen LogP) is 4.63. The molecule has 0 heterocycles. The summed E-state index contributed by atoms with van der Waals surface area (Å²) in [5, 5.41) is 0. The van der Waals surface area contributed by atoms with Crippen molar-refractivity contribution in [3.05, 3.63) is 60.7 Å². The van der Waals surface area contributed by atoms with E-state index in [1.165, 1.54) is 0 Å². The summed E-state index contributed by atoms with van der Waals surface area (Å²) in [5.41, 5.74) is 2.25. The van der Waals surface area contributed by atoms with Crippen molar-refractivity contribution in [2.24, 2.45) is 0 Å². The first-order valence-corrected chi connectivity index (χ1v) is 13.0. The average molecular weight is 317 g/mol. The number of hydrogen-bond acceptors (Lipinski definition) is 3. The Balaban J connectivity index is 2.01. The molecule has 5 heteroatoms. The van der Waals surface area contributed by atoms with Crippen LogP contribution in [0.15, 0.2) is 60.7 Å². The van der Waals surface area contributed by atoms with Gasteiger partial charge in [0, 0.05) is 11.4 Å². The largest absolute Gasteiger partial charge is 0.424 e. The molecule has 0 fully saturated rings. The van der Waals surface area contributed by atoms with Crippen LogP contribution in [0.4, 0.5) is 11.4 Å². The smallest absolute Gasteiger partial charge is 0.282 e. The Morgan fingerprint density at radius 1 is 0.619 bits per heavy atom. The third kappa shape index (κ3) is 5.37. The summed E-state index contributed by atoms with van der Waals surface area (Å²) in [5.74, 6) is 0. The Kier molecular flexibility index (Phi) is 4.87. The second-order valence-corrected chi connectivity index (χ2v) is 13.5. The van der Waals surface area contributed by atoms with Crippen molar-refractivity contribution in [3.63, 3.8) is 0 Å². The van der Waals surface area contributed by atoms with E-state index in [1.54, 1.807) is 0 Å². The molecule has 0 unspecified atom stereocenters. The van der Waals surface area contributed by atoms with Gasteiger partial charge in [-0.3, -0.25) is 0 Å². The van der Waals surface area contributed by atoms with E-state index >= 15 is 0 Å². The highest BCUT2D eigenvalue weighted by Crippen LogP contribution is 2.20. The SMILES string of the molecule is C[Si](C)(Nc1ccccc1)O[Si](C)(C)Nc1ccccc1. The highest BCUT2D eigenvalue weighted by Gasteiger charge is 2.34. The van der Waals surface area contributed by atoms with Crippen molar-refractivity contribution >= 4 is 28.3 Å². The fraction of sp³-hybridized carbons (Fsp3) is 0.250. The molecular weight excluding hydrogens is 292 g/mol. The van der Waals surface area contributed by atoms with E-state index in [-0.39, 0.29) is 0 Å². The molecule has 0 bridgehead atoms. The third-order valence-electron chi connectivity index (χ3n) is 2.95. The number of rotatable bonds is 6. The molecule has 0 spiro atoms. The molecule has 0 aliphatic rings. The maximum absolute atomic E-state index is 6.49. The van der Waals surface area contributed by atoms with Crippen LogP contribution in [0, 0.1) is 0 Å². The minimum Gasteiger partial charge on any atom is -0.424 e. The second kappa shape index (κ2) is 6.47. The maximum atomic E-state index is 6.49. The first-order valence-electron chi connectivity index (χ1n) is 7.23. The van der Waals surface area contributed by atoms with Gasteiger partial charge in [-0.2, -0.15) is 0 Å². The first kappa shape index (κ1) is 15.8. The fourth-order valence-electron chi connectivity index (χ4n) is 2.43. The maximum Gasteiger partial charge on any atom is 0.282 e. The summed E-state index contributed by atoms with van der Waals surface area (Å²) in [6, 6.07) is 20.5. The molecule has 0 saturated carbocycles. The second-order valence-electron chi connectivity index (χ2n) is 6.10. The standard InChI is InChI=1S/C16H24N2OSi2/c1-20(2,17-15-11-7-5-8-12-15)19-21(3,4)18-16-13-9-6-10-14-16/h5-14,17-18H,1-4H3. The monoisotopic (exact) mass is 316 g/mol. The molecule has 2 aromatic rings. The number of para-hydroxylation sites is 2. The normalized spacial score (nSPS) is 12.0. The molecule has 21 heavy (non-hydrogen) atoms. The molecule has 2 N–H and O–H groups in total. The molecule has 0 radical (unpaired) electrons. The Morgan fingerprint density at radius 2 is 0.952 bits per heavy atom. The van der Waals surface area contributed by atoms with Crippen molar-refractivity contribution in [1.82, 2.24) is 0 Å². The van der Waals surface area contributed by atoms with E-state index in [4.69, 9.17) is 4.12 Å². The minimum atomic E-state index is -1.98. The summed E-state index contributed by atoms with van der Waals surface area (Å²) < 4.78 is 6.49. The van der Waals surface area contributed by atoms with Crippen LogP contribution in [0.5, 0.6) is 0 Å². The van der Waals surface area contributed by atoms with Crippen molar-refractivity contribution < 1.29 is 4.12 Å². The Hall–Kier alpha value is -1.57. The quantitative estimate of drug-likeness (QED) is 0.762. The summed E-state index contributed by atoms with van der Waals surface area (Å²) in [7, 11) is -3.97. The van der Waals surface area contributed by atoms with Gasteiger partial charge in [0.1, 0.15) is 0 Å². The summed E-state index contributed by atoms with van der Waals surface area (Å²) in [6.07, 6.45) is 0. The lowest BCUT2D eigenvalue weighted by atomic mass is 10.3. The number of nitrogens with one attached hydrogen (secondary N) is 2. The Labute approximate surface area is 129 Å². The molecule has 2 aromatic carbocycles. The Morgan fingerprint density at radius 3 is 1.29 bits per heavy atom. The first-order chi connectivity index (χ1) is 9.86. The zero-order valence-electron chi connectivity index (χ0n) is 13.2. The molecule has 0 atom stereocenters. The lowest BCUT2D eigenvalue weighted by Crippen LogP contribution is -2.54. The number of anilines is 2. The van der Waals surface area contributed by atoms with E-state index in [0.29, 0.717) is 0 Å². The predicted molar refractivity (Wildman–Crippen MR) is 96.2 cm³/mol. The third-order valence-corrected chi connectivity index (χ3v) is 8.81. The van der Waals surface area contributed by atoms with Gasteiger partial charge in [-0.1, -0.05) is 36.4 Å². The van der Waals surface area contributed by atoms with Gasteiger partial charge in [0.2, 0.25) is 0 Å². The van der Waals surface area contributed by atoms with Crippen molar-refractivity contribution in [2.75, 3.05) is 9.96 Å². The molecule has 3 nitrogen and oxygen atoms in total. The molecule has 0 saturated heterocycles. The zero-order valence-corrected chi connectivity index (χ0v) is 15.2. The van der Waals surface area contributed by atoms with Gasteiger partial charge in [-0.15, -0.1) is 0 Å². The van der Waals surface area contributed by atoms with Gasteiger partial charge in [0.15, 0.2) is 0 Å². The molecular formula is C16H24N2OSi2. The van der Waals surface area contributed by atoms with Crippen LogP contribution in [-0.4, -0.2) is 17.0 Å². The molecule has 0 aromatic heterocycles. The molecule has 0 aliphatic carbocycles. The van der Waals surface area contributed by atoms with Crippen LogP contribution >= 0.6 is 0 Å². The van der Waals surface area contributed by atoms with Crippen LogP contribution in [0.25, 0.3) is 0 Å². The molecule has 2 rings (SSSR count). The van der Waals surface area contributed by atoms with E-state index < -0.39 is 17.0 Å². The molecule has 112 valence electrons. The number of benzene rings is 2. The van der Waals surface area contributed by atoms with Gasteiger partial charge >= 0.3 is 0 Å². The van der Waals surface area contributed by atoms with Gasteiger partial charge in [-0.25, -0.2) is 0 Å². The Bertz CT molecular complexity index is 508. The van der Waals surface area contributed by atoms with E-state index in [1.807, 2.05) is 36.4 Å². The number of hydrogen-bond donors (Lipinski definition) is 2. The van der Waals surface area contributed by atoms with Crippen LogP contribution < -0.4 is 9.96 Å². The van der Waals surface area contributed by atoms with E-state index in [9.17, 15) is 0 Å². The molecule has 0 aliphatic heterocycles. The van der Waals surface area contributed by atoms with Gasteiger partial charge in [0.25, 0.3) is 17.0 Å². The highest BCUT2D eigenvalue weighted by molar-refractivity contribution is 6.87. The van der Waals surface area contributed by atoms with Gasteiger partial charge in [-0.05, 0) is 50.5 Å². The lowest BCUT2D eigenvalue weighted by Gasteiger charge is -2.35. The fourth-order valence-corrected chi connectivity index (χ4v) is 9.66. The van der Waals surface area contributed by atoms with Crippen LogP contribution in [0.2, 0.25) is 26.2 Å². The minimum absolute atomic E-state index is 1.12. The average Bonchev–Trinajstić information content (AvgIpc) is 2.38. The van der Waals surface area contributed by atoms with Crippen LogP contribution in [0.3, 0.4) is 0 Å². The van der Waals surface area contributed by atoms with Gasteiger partial charge in [0.05, 0.1) is 0 Å². The van der Waals surface area contributed by atoms with Gasteiger partial charge < -0.3 is 14.1 Å². The van der Waals surface area contributed by atoms with Crippen LogP contribution in [0.1, 0.15) is 0 Å². The summed E-state index contributed by atoms with van der Waals surface area (Å²) >= 11 is 0. The van der Waals surface area contributed by atoms with Crippen LogP contribution in [-0.2, 0) is 4.12 Å². The topological polar surface area (TPSA) is 33.3 Å². The van der Waals surface area contributed by atoms with Crippen molar-refractivity contribution in [3.8, 4) is 0 Å². The van der Waals surface area contributed by atoms with Crippen molar-refractivity contribution in [1.29, 1.82) is 0 Å². The summed E-state index contributed by atoms with van der Waals surface area (Å²) in [4.78, 5) is 7.14. The molecule has 0 amide bonds. The van der Waals surface area contributed by atoms with E-state index in [2.05, 4.69) is 60.4 Å². The van der Waals surface area contributed by atoms with Crippen molar-refractivity contribution in [2.45, 2.75) is 26.2 Å².